The summed E-state index contributed by atoms with van der Waals surface area (Å²) in [4.78, 5) is 36.1. The zero-order valence-electron chi connectivity index (χ0n) is 19.6. The lowest BCUT2D eigenvalue weighted by Gasteiger charge is -2.20. The SMILES string of the molecule is COC(=O)c1cc(OC)c2c(c1-c1c(COC(=O)C(N)CC(=O)O)cc(OC)c3c1OCO3)OCO2. The van der Waals surface area contributed by atoms with Gasteiger partial charge in [-0.15, -0.1) is 0 Å². The smallest absolute Gasteiger partial charge is 0.338 e. The quantitative estimate of drug-likeness (QED) is 0.470. The lowest BCUT2D eigenvalue weighted by molar-refractivity contribution is -0.150. The summed E-state index contributed by atoms with van der Waals surface area (Å²) in [5.41, 5.74) is 6.51. The number of aliphatic carboxylic acids is 1. The predicted octanol–water partition coefficient (Wildman–Crippen LogP) is 1.46. The van der Waals surface area contributed by atoms with Crippen molar-refractivity contribution in [2.45, 2.75) is 19.1 Å². The molecule has 1 unspecified atom stereocenters. The van der Waals surface area contributed by atoms with Gasteiger partial charge < -0.3 is 48.7 Å². The van der Waals surface area contributed by atoms with Crippen molar-refractivity contribution in [3.63, 3.8) is 0 Å². The second-order valence-electron chi connectivity index (χ2n) is 7.55. The van der Waals surface area contributed by atoms with E-state index in [2.05, 4.69) is 0 Å². The fraction of sp³-hybridized carbons (Fsp3) is 0.348. The molecule has 0 spiro atoms. The van der Waals surface area contributed by atoms with Crippen LogP contribution in [0.5, 0.6) is 34.5 Å². The zero-order chi connectivity index (χ0) is 26.0. The maximum atomic E-state index is 12.8. The number of nitrogens with two attached hydrogens (primary N) is 1. The number of hydrogen-bond acceptors (Lipinski definition) is 12. The van der Waals surface area contributed by atoms with Gasteiger partial charge in [0.15, 0.2) is 23.0 Å². The molecule has 0 aromatic heterocycles. The van der Waals surface area contributed by atoms with E-state index >= 15 is 0 Å². The van der Waals surface area contributed by atoms with E-state index in [1.807, 2.05) is 0 Å². The van der Waals surface area contributed by atoms with Crippen LogP contribution in [0.15, 0.2) is 12.1 Å². The zero-order valence-corrected chi connectivity index (χ0v) is 19.6. The van der Waals surface area contributed by atoms with Crippen LogP contribution in [0.3, 0.4) is 0 Å². The molecule has 0 saturated carbocycles. The van der Waals surface area contributed by atoms with Crippen LogP contribution in [0.25, 0.3) is 11.1 Å². The Morgan fingerprint density at radius 2 is 1.47 bits per heavy atom. The molecule has 13 heteroatoms. The van der Waals surface area contributed by atoms with Gasteiger partial charge in [0.05, 0.1) is 33.3 Å². The third-order valence-electron chi connectivity index (χ3n) is 5.46. The van der Waals surface area contributed by atoms with Crippen LogP contribution in [0.2, 0.25) is 0 Å². The van der Waals surface area contributed by atoms with Crippen molar-refractivity contribution in [1.82, 2.24) is 0 Å². The summed E-state index contributed by atoms with van der Waals surface area (Å²) in [5.74, 6) is -1.52. The fourth-order valence-corrected chi connectivity index (χ4v) is 3.86. The van der Waals surface area contributed by atoms with Gasteiger partial charge in [0.1, 0.15) is 12.6 Å². The Hall–Kier alpha value is -4.39. The Kier molecular flexibility index (Phi) is 6.92. The summed E-state index contributed by atoms with van der Waals surface area (Å²) in [5, 5.41) is 8.91. The predicted molar refractivity (Wildman–Crippen MR) is 119 cm³/mol. The number of carboxylic acid groups (broad SMARTS) is 1. The van der Waals surface area contributed by atoms with E-state index in [0.717, 1.165) is 0 Å². The first-order chi connectivity index (χ1) is 17.3. The van der Waals surface area contributed by atoms with Gasteiger partial charge >= 0.3 is 17.9 Å². The van der Waals surface area contributed by atoms with E-state index in [9.17, 15) is 14.4 Å². The van der Waals surface area contributed by atoms with Gasteiger partial charge in [-0.05, 0) is 12.1 Å². The third kappa shape index (κ3) is 4.35. The molecular formula is C23H23NO12. The molecule has 0 radical (unpaired) electrons. The molecule has 0 saturated heterocycles. The van der Waals surface area contributed by atoms with Crippen LogP contribution < -0.4 is 34.2 Å². The number of methoxy groups -OCH3 is 3. The van der Waals surface area contributed by atoms with Crippen LogP contribution in [0.1, 0.15) is 22.3 Å². The molecular weight excluding hydrogens is 482 g/mol. The maximum absolute atomic E-state index is 12.8. The summed E-state index contributed by atoms with van der Waals surface area (Å²) < 4.78 is 43.7. The van der Waals surface area contributed by atoms with Gasteiger partial charge in [-0.1, -0.05) is 0 Å². The summed E-state index contributed by atoms with van der Waals surface area (Å²) in [7, 11) is 4.04. The molecule has 2 heterocycles. The van der Waals surface area contributed by atoms with E-state index in [-0.39, 0.29) is 71.4 Å². The summed E-state index contributed by atoms with van der Waals surface area (Å²) in [6.45, 7) is -0.668. The molecule has 4 rings (SSSR count). The molecule has 36 heavy (non-hydrogen) atoms. The van der Waals surface area contributed by atoms with E-state index in [1.54, 1.807) is 0 Å². The average Bonchev–Trinajstić information content (AvgIpc) is 3.55. The molecule has 2 aliphatic heterocycles. The number of carbonyl (C=O) groups excluding carboxylic acids is 2. The van der Waals surface area contributed by atoms with Gasteiger partial charge in [-0.25, -0.2) is 4.79 Å². The molecule has 0 amide bonds. The largest absolute Gasteiger partial charge is 0.493 e. The Morgan fingerprint density at radius 1 is 0.917 bits per heavy atom. The van der Waals surface area contributed by atoms with Crippen LogP contribution >= 0.6 is 0 Å². The van der Waals surface area contributed by atoms with E-state index in [0.29, 0.717) is 5.56 Å². The molecule has 0 bridgehead atoms. The number of ether oxygens (including phenoxy) is 8. The summed E-state index contributed by atoms with van der Waals surface area (Å²) in [6, 6.07) is 1.58. The Morgan fingerprint density at radius 3 is 2.03 bits per heavy atom. The van der Waals surface area contributed by atoms with Crippen LogP contribution in [0, 0.1) is 0 Å². The van der Waals surface area contributed by atoms with Crippen molar-refractivity contribution in [1.29, 1.82) is 0 Å². The topological polar surface area (TPSA) is 171 Å². The normalized spacial score (nSPS) is 13.7. The second kappa shape index (κ2) is 10.1. The Labute approximate surface area is 204 Å². The monoisotopic (exact) mass is 505 g/mol. The number of esters is 2. The minimum absolute atomic E-state index is 0.0524. The van der Waals surface area contributed by atoms with Crippen molar-refractivity contribution in [3.05, 3.63) is 23.3 Å². The highest BCUT2D eigenvalue weighted by Crippen LogP contribution is 2.56. The number of rotatable bonds is 9. The van der Waals surface area contributed by atoms with Crippen molar-refractivity contribution in [3.8, 4) is 45.6 Å². The van der Waals surface area contributed by atoms with Crippen LogP contribution in [-0.2, 0) is 25.7 Å². The van der Waals surface area contributed by atoms with Gasteiger partial charge in [-0.2, -0.15) is 0 Å². The molecule has 3 N–H and O–H groups in total. The van der Waals surface area contributed by atoms with Crippen molar-refractivity contribution >= 4 is 17.9 Å². The first kappa shape index (κ1) is 24.7. The molecule has 2 aliphatic rings. The molecule has 1 atom stereocenters. The molecule has 0 aliphatic carbocycles. The minimum Gasteiger partial charge on any atom is -0.493 e. The lowest BCUT2D eigenvalue weighted by Crippen LogP contribution is -2.34. The standard InChI is InChI=1S/C23H23NO12/c1-29-13-4-10(7-32-23(28)12(24)6-15(25)26)16(20-18(13)33-8-35-20)17-11(22(27)31-3)5-14(30-2)19-21(17)36-9-34-19/h4-5,12H,6-9,24H2,1-3H3,(H,25,26). The third-order valence-corrected chi connectivity index (χ3v) is 5.46. The number of hydrogen-bond donors (Lipinski definition) is 2. The Balaban J connectivity index is 1.91. The van der Waals surface area contributed by atoms with Gasteiger partial charge in [0.25, 0.3) is 0 Å². The summed E-state index contributed by atoms with van der Waals surface area (Å²) in [6.07, 6.45) is -0.611. The molecule has 2 aromatic carbocycles. The number of carboxylic acids is 1. The lowest BCUT2D eigenvalue weighted by atomic mass is 9.92. The first-order valence-electron chi connectivity index (χ1n) is 10.5. The first-order valence-corrected chi connectivity index (χ1v) is 10.5. The van der Waals surface area contributed by atoms with Gasteiger partial charge in [0, 0.05) is 16.7 Å². The van der Waals surface area contributed by atoms with Crippen molar-refractivity contribution in [2.75, 3.05) is 34.9 Å². The van der Waals surface area contributed by atoms with Gasteiger partial charge in [-0.3, -0.25) is 9.59 Å². The van der Waals surface area contributed by atoms with Gasteiger partial charge in [0.2, 0.25) is 25.1 Å². The van der Waals surface area contributed by atoms with Crippen molar-refractivity contribution in [2.24, 2.45) is 5.73 Å². The molecule has 13 nitrogen and oxygen atoms in total. The maximum Gasteiger partial charge on any atom is 0.338 e. The molecule has 2 aromatic rings. The second-order valence-corrected chi connectivity index (χ2v) is 7.55. The highest BCUT2D eigenvalue weighted by molar-refractivity contribution is 6.03. The number of benzene rings is 2. The molecule has 0 fully saturated rings. The average molecular weight is 505 g/mol. The van der Waals surface area contributed by atoms with E-state index in [4.69, 9.17) is 48.7 Å². The minimum atomic E-state index is -1.38. The number of fused-ring (bicyclic) bond motifs is 2. The highest BCUT2D eigenvalue weighted by Gasteiger charge is 2.36. The van der Waals surface area contributed by atoms with Crippen molar-refractivity contribution < 1.29 is 57.4 Å². The van der Waals surface area contributed by atoms with E-state index in [1.165, 1.54) is 33.5 Å². The highest BCUT2D eigenvalue weighted by atomic mass is 16.7. The van der Waals surface area contributed by atoms with Crippen LogP contribution in [-0.4, -0.2) is 64.0 Å². The number of carbonyl (C=O) groups is 3. The van der Waals surface area contributed by atoms with Crippen LogP contribution in [0.4, 0.5) is 0 Å². The Bertz CT molecular complexity index is 1220. The summed E-state index contributed by atoms with van der Waals surface area (Å²) >= 11 is 0. The fourth-order valence-electron chi connectivity index (χ4n) is 3.86. The van der Waals surface area contributed by atoms with E-state index < -0.39 is 30.4 Å². The molecule has 192 valence electrons.